The Bertz CT molecular complexity index is 3350. The highest BCUT2D eigenvalue weighted by Crippen LogP contribution is 2.80. The smallest absolute Gasteiger partial charge is 0.413 e. The number of hydrogen-bond acceptors (Lipinski definition) is 11. The van der Waals surface area contributed by atoms with Crippen LogP contribution in [-0.2, 0) is 0 Å². The van der Waals surface area contributed by atoms with Gasteiger partial charge in [0, 0.05) is 33.4 Å². The molecule has 338 valence electrons. The van der Waals surface area contributed by atoms with Gasteiger partial charge >= 0.3 is 23.0 Å². The zero-order chi connectivity index (χ0) is 46.8. The number of benzene rings is 8. The van der Waals surface area contributed by atoms with Crippen LogP contribution in [0.3, 0.4) is 0 Å². The minimum absolute atomic E-state index is 0.199. The number of allylic oxidation sites excluding steroid dienone is 2. The Balaban J connectivity index is 1.08. The van der Waals surface area contributed by atoms with E-state index in [1.165, 1.54) is 6.08 Å². The van der Waals surface area contributed by atoms with Crippen molar-refractivity contribution in [2.24, 2.45) is 13.5 Å². The van der Waals surface area contributed by atoms with Crippen LogP contribution >= 0.6 is 23.0 Å². The van der Waals surface area contributed by atoms with Crippen LogP contribution in [0.1, 0.15) is 37.4 Å². The molecule has 2 spiro atoms. The fourth-order valence-corrected chi connectivity index (χ4v) is 17.0. The van der Waals surface area contributed by atoms with Crippen molar-refractivity contribution in [2.75, 3.05) is 0 Å². The van der Waals surface area contributed by atoms with E-state index in [0.29, 0.717) is 34.1 Å². The molecule has 0 bridgehead atoms. The zero-order valence-electron chi connectivity index (χ0n) is 36.8. The van der Waals surface area contributed by atoms with E-state index in [0.717, 1.165) is 38.9 Å². The zero-order valence-corrected chi connectivity index (χ0v) is 39.5. The van der Waals surface area contributed by atoms with Gasteiger partial charge in [0.05, 0.1) is 0 Å². The highest BCUT2D eigenvalue weighted by atomic mass is 31.3. The lowest BCUT2D eigenvalue weighted by molar-refractivity contribution is 0.103. The van der Waals surface area contributed by atoms with E-state index in [1.54, 1.807) is 66.8 Å². The molecule has 0 saturated heterocycles. The van der Waals surface area contributed by atoms with E-state index in [1.807, 2.05) is 159 Å². The molecule has 0 saturated carbocycles. The molecule has 3 heterocycles. The van der Waals surface area contributed by atoms with Crippen molar-refractivity contribution in [3.63, 3.8) is 0 Å². The maximum atomic E-state index is 13.5. The molecular formula is C55H40N3O8P3. The minimum Gasteiger partial charge on any atom is -0.413 e. The third kappa shape index (κ3) is 9.12. The fraction of sp³-hybridized carbons (Fsp3) is 0.0182. The number of hydrogen-bond donors (Lipinski definition) is 0. The molecule has 14 heteroatoms. The van der Waals surface area contributed by atoms with Crippen LogP contribution in [0.4, 0.5) is 0 Å². The lowest BCUT2D eigenvalue weighted by Crippen LogP contribution is -2.10. The van der Waals surface area contributed by atoms with Crippen molar-refractivity contribution >= 4 is 46.7 Å². The Hall–Kier alpha value is -7.93. The van der Waals surface area contributed by atoms with Crippen molar-refractivity contribution in [2.45, 2.75) is 6.92 Å². The predicted octanol–water partition coefficient (Wildman–Crippen LogP) is 16.4. The average Bonchev–Trinajstić information content (AvgIpc) is 3.58. The summed E-state index contributed by atoms with van der Waals surface area (Å²) in [6, 6.07) is 60.9. The summed E-state index contributed by atoms with van der Waals surface area (Å²) in [7, 11) is -12.4. The van der Waals surface area contributed by atoms with Crippen LogP contribution in [0.2, 0.25) is 0 Å². The molecule has 11 nitrogen and oxygen atoms in total. The maximum absolute atomic E-state index is 13.5. The van der Waals surface area contributed by atoms with Gasteiger partial charge in [-0.2, -0.15) is 0 Å². The number of ketones is 2. The van der Waals surface area contributed by atoms with E-state index in [2.05, 4.69) is 0 Å². The van der Waals surface area contributed by atoms with Gasteiger partial charge in [-0.3, -0.25) is 9.59 Å². The Morgan fingerprint density at radius 3 is 1.28 bits per heavy atom. The number of carbonyl (C=O) groups excluding carboxylic acids is 2. The Morgan fingerprint density at radius 1 is 0.420 bits per heavy atom. The summed E-state index contributed by atoms with van der Waals surface area (Å²) >= 11 is 0. The molecule has 3 aliphatic rings. The van der Waals surface area contributed by atoms with E-state index in [4.69, 9.17) is 40.7 Å². The first-order chi connectivity index (χ1) is 33.7. The van der Waals surface area contributed by atoms with Gasteiger partial charge in [-0.1, -0.05) is 153 Å². The standard InChI is InChI=1S/C55H40N3O8P3/c1-39-15-5-6-18-41(39)32-38-51(60)43-30-35-45(36-31-43)62-67(61-44-33-28-42(29-34-44)50(59)37-27-40-16-3-2-4-17-40)56-68(63-52-23-11-7-19-46(52)47-20-8-12-24-53(47)64-68)58-69(57-67)65-54-25-13-9-21-48(54)49-22-10-14-26-55(49)66-69/h2-38H,1H3/b37-27+,38-32+. The van der Waals surface area contributed by atoms with Crippen LogP contribution in [0, 0.1) is 6.92 Å². The van der Waals surface area contributed by atoms with Gasteiger partial charge in [0.25, 0.3) is 0 Å². The fourth-order valence-electron chi connectivity index (χ4n) is 7.85. The average molecular weight is 964 g/mol. The molecule has 0 aromatic heterocycles. The molecule has 1 atom stereocenters. The monoisotopic (exact) mass is 963 g/mol. The molecule has 69 heavy (non-hydrogen) atoms. The highest BCUT2D eigenvalue weighted by molar-refractivity contribution is 7.79. The number of nitrogens with zero attached hydrogens (tertiary/aromatic N) is 3. The van der Waals surface area contributed by atoms with E-state index in [9.17, 15) is 9.59 Å². The molecule has 11 rings (SSSR count). The first-order valence-corrected chi connectivity index (χ1v) is 26.5. The lowest BCUT2D eigenvalue weighted by atomic mass is 10.0. The van der Waals surface area contributed by atoms with Crippen molar-refractivity contribution < 1.29 is 36.7 Å². The molecule has 0 N–H and O–H groups in total. The Kier molecular flexibility index (Phi) is 11.6. The van der Waals surface area contributed by atoms with Crippen LogP contribution in [-0.4, -0.2) is 11.6 Å². The first kappa shape index (κ1) is 43.6. The Morgan fingerprint density at radius 2 is 0.812 bits per heavy atom. The summed E-state index contributed by atoms with van der Waals surface area (Å²) in [5.41, 5.74) is 6.77. The summed E-state index contributed by atoms with van der Waals surface area (Å²) in [5.74, 6) is 1.92. The van der Waals surface area contributed by atoms with Crippen LogP contribution in [0.5, 0.6) is 34.5 Å². The molecule has 8 aromatic carbocycles. The molecule has 1 unspecified atom stereocenters. The third-order valence-corrected chi connectivity index (χ3v) is 19.3. The second kappa shape index (κ2) is 18.3. The first-order valence-electron chi connectivity index (χ1n) is 21.9. The molecule has 8 aromatic rings. The van der Waals surface area contributed by atoms with Gasteiger partial charge in [0.15, 0.2) is 11.6 Å². The number of para-hydroxylation sites is 4. The number of rotatable bonds is 10. The second-order valence-corrected chi connectivity index (χ2v) is 22.2. The summed E-state index contributed by atoms with van der Waals surface area (Å²) in [4.78, 5) is 26.9. The summed E-state index contributed by atoms with van der Waals surface area (Å²) in [6.07, 6.45) is 6.64. The summed E-state index contributed by atoms with van der Waals surface area (Å²) in [6.45, 7) is 1.99. The largest absolute Gasteiger partial charge is 0.460 e. The topological polar surface area (TPSA) is 127 Å². The van der Waals surface area contributed by atoms with Crippen LogP contribution < -0.4 is 27.1 Å². The second-order valence-electron chi connectivity index (χ2n) is 16.0. The van der Waals surface area contributed by atoms with E-state index in [-0.39, 0.29) is 23.1 Å². The number of fused-ring (bicyclic) bond motifs is 6. The molecule has 0 radical (unpaired) electrons. The number of aryl methyl sites for hydroxylation is 1. The van der Waals surface area contributed by atoms with Gasteiger partial charge in [-0.05, 0) is 109 Å². The predicted molar refractivity (Wildman–Crippen MR) is 273 cm³/mol. The van der Waals surface area contributed by atoms with Crippen molar-refractivity contribution in [3.8, 4) is 56.8 Å². The van der Waals surface area contributed by atoms with Crippen molar-refractivity contribution in [1.29, 1.82) is 0 Å². The lowest BCUT2D eigenvalue weighted by Gasteiger charge is -2.32. The van der Waals surface area contributed by atoms with Crippen LogP contribution in [0.25, 0.3) is 34.4 Å². The van der Waals surface area contributed by atoms with Gasteiger partial charge in [0.1, 0.15) is 34.5 Å². The summed E-state index contributed by atoms with van der Waals surface area (Å²) < 4.78 is 57.9. The molecule has 3 aliphatic heterocycles. The molecular weight excluding hydrogens is 924 g/mol. The number of carbonyl (C=O) groups is 2. The minimum atomic E-state index is -4.22. The SMILES string of the molecule is Cc1ccccc1/C=C/C(=O)c1ccc(OP2(Oc3ccc(C(=O)/C=C/c4ccccc4)cc3)=NP3(=NP4(=N2)Oc2ccccc2-c2ccccc2O4)Oc2ccccc2-c2ccccc2O3)cc1. The molecule has 0 fully saturated rings. The van der Waals surface area contributed by atoms with Gasteiger partial charge in [-0.15, -0.1) is 0 Å². The third-order valence-electron chi connectivity index (χ3n) is 11.2. The van der Waals surface area contributed by atoms with Crippen molar-refractivity contribution in [3.05, 3.63) is 240 Å². The van der Waals surface area contributed by atoms with Crippen LogP contribution in [0.15, 0.2) is 226 Å². The highest BCUT2D eigenvalue weighted by Gasteiger charge is 2.50. The summed E-state index contributed by atoms with van der Waals surface area (Å²) in [5, 5.41) is 0. The molecule has 0 aliphatic carbocycles. The van der Waals surface area contributed by atoms with Crippen molar-refractivity contribution in [1.82, 2.24) is 0 Å². The van der Waals surface area contributed by atoms with Gasteiger partial charge in [0.2, 0.25) is 0 Å². The van der Waals surface area contributed by atoms with E-state index >= 15 is 0 Å². The Labute approximate surface area is 399 Å². The van der Waals surface area contributed by atoms with Gasteiger partial charge < -0.3 is 27.1 Å². The van der Waals surface area contributed by atoms with E-state index < -0.39 is 23.0 Å². The molecule has 0 amide bonds. The normalized spacial score (nSPS) is 16.7. The van der Waals surface area contributed by atoms with Gasteiger partial charge in [-0.25, -0.2) is 0 Å². The maximum Gasteiger partial charge on any atom is 0.460 e. The quantitative estimate of drug-likeness (QED) is 0.0753.